The molecule has 0 spiro atoms. The maximum atomic E-state index is 12.7. The predicted octanol–water partition coefficient (Wildman–Crippen LogP) is 7.00. The minimum atomic E-state index is -1.10. The highest BCUT2D eigenvalue weighted by molar-refractivity contribution is 5.78. The summed E-state index contributed by atoms with van der Waals surface area (Å²) in [6.07, 6.45) is 6.69. The van der Waals surface area contributed by atoms with Gasteiger partial charge in [0.25, 0.3) is 0 Å². The second-order valence-corrected chi connectivity index (χ2v) is 11.6. The van der Waals surface area contributed by atoms with Crippen molar-refractivity contribution >= 4 is 17.3 Å². The summed E-state index contributed by atoms with van der Waals surface area (Å²) in [5, 5.41) is 17.3. The normalized spacial score (nSPS) is 19.6. The number of rotatable bonds is 8. The van der Waals surface area contributed by atoms with Gasteiger partial charge < -0.3 is 15.2 Å². The molecule has 0 amide bonds. The number of carboxylic acid groups (broad SMARTS) is 1. The smallest absolute Gasteiger partial charge is 0.310 e. The van der Waals surface area contributed by atoms with Gasteiger partial charge in [0, 0.05) is 50.1 Å². The van der Waals surface area contributed by atoms with Gasteiger partial charge in [-0.1, -0.05) is 31.2 Å². The molecule has 2 heterocycles. The summed E-state index contributed by atoms with van der Waals surface area (Å²) >= 11 is 0. The van der Waals surface area contributed by atoms with E-state index in [1.807, 2.05) is 31.3 Å². The number of anilines is 1. The lowest BCUT2D eigenvalue weighted by atomic mass is 9.69. The number of ether oxygens (including phenoxy) is 1. The fourth-order valence-corrected chi connectivity index (χ4v) is 6.50. The molecule has 8 nitrogen and oxygen atoms in total. The summed E-state index contributed by atoms with van der Waals surface area (Å²) in [4.78, 5) is 19.5. The van der Waals surface area contributed by atoms with Crippen LogP contribution >= 0.6 is 0 Å². The first-order valence-electron chi connectivity index (χ1n) is 14.1. The molecule has 3 atom stereocenters. The van der Waals surface area contributed by atoms with Gasteiger partial charge in [0.1, 0.15) is 17.5 Å². The zero-order valence-corrected chi connectivity index (χ0v) is 24.0. The van der Waals surface area contributed by atoms with E-state index in [9.17, 15) is 9.90 Å². The highest BCUT2D eigenvalue weighted by Crippen LogP contribution is 2.48. The molecular formula is C32H39N5O3. The number of aromatic nitrogens is 1. The molecule has 5 rings (SSSR count). The van der Waals surface area contributed by atoms with Crippen LogP contribution in [0.2, 0.25) is 0 Å². The Morgan fingerprint density at radius 3 is 2.77 bits per heavy atom. The van der Waals surface area contributed by atoms with Crippen molar-refractivity contribution in [3.05, 3.63) is 82.2 Å². The van der Waals surface area contributed by atoms with E-state index in [0.717, 1.165) is 66.0 Å². The molecule has 3 aromatic rings. The number of benzene rings is 2. The van der Waals surface area contributed by atoms with Crippen LogP contribution < -0.4 is 10.1 Å². The Kier molecular flexibility index (Phi) is 7.64. The van der Waals surface area contributed by atoms with Crippen LogP contribution in [0, 0.1) is 17.9 Å². The van der Waals surface area contributed by atoms with Crippen molar-refractivity contribution in [2.24, 2.45) is 10.5 Å². The van der Waals surface area contributed by atoms with Crippen molar-refractivity contribution in [3.63, 3.8) is 0 Å². The molecule has 0 unspecified atom stereocenters. The van der Waals surface area contributed by atoms with Crippen molar-refractivity contribution < 1.29 is 14.6 Å². The number of aliphatic carboxylic acids is 1. The third-order valence-corrected chi connectivity index (χ3v) is 8.85. The summed E-state index contributed by atoms with van der Waals surface area (Å²) in [7, 11) is 1.80. The third-order valence-electron chi connectivity index (χ3n) is 8.85. The predicted molar refractivity (Wildman–Crippen MR) is 156 cm³/mol. The molecule has 210 valence electrons. The van der Waals surface area contributed by atoms with Gasteiger partial charge in [-0.15, -0.1) is 0 Å². The summed E-state index contributed by atoms with van der Waals surface area (Å²) in [5.74, 6) is -0.380. The highest BCUT2D eigenvalue weighted by Gasteiger charge is 2.41. The molecule has 40 heavy (non-hydrogen) atoms. The van der Waals surface area contributed by atoms with Crippen LogP contribution in [0.4, 0.5) is 11.4 Å². The average molecular weight is 542 g/mol. The van der Waals surface area contributed by atoms with E-state index in [2.05, 4.69) is 45.4 Å². The first-order valence-corrected chi connectivity index (χ1v) is 14.1. The van der Waals surface area contributed by atoms with Crippen LogP contribution in [0.5, 0.6) is 5.75 Å². The number of hydrogen-bond acceptors (Lipinski definition) is 7. The van der Waals surface area contributed by atoms with Gasteiger partial charge in [0.15, 0.2) is 0 Å². The second kappa shape index (κ2) is 11.0. The van der Waals surface area contributed by atoms with E-state index < -0.39 is 17.3 Å². The van der Waals surface area contributed by atoms with E-state index in [0.29, 0.717) is 5.69 Å². The topological polar surface area (TPSA) is 111 Å². The van der Waals surface area contributed by atoms with Crippen LogP contribution in [0.1, 0.15) is 79.0 Å². The number of fused-ring (bicyclic) bond motifs is 2. The Morgan fingerprint density at radius 2 is 2.08 bits per heavy atom. The van der Waals surface area contributed by atoms with E-state index in [1.54, 1.807) is 27.1 Å². The highest BCUT2D eigenvalue weighted by atomic mass is 16.5. The van der Waals surface area contributed by atoms with Gasteiger partial charge in [0.05, 0.1) is 11.1 Å². The average Bonchev–Trinajstić information content (AvgIpc) is 3.27. The molecule has 0 saturated heterocycles. The van der Waals surface area contributed by atoms with Gasteiger partial charge in [-0.05, 0) is 80.0 Å². The van der Waals surface area contributed by atoms with Crippen LogP contribution in [0.15, 0.2) is 53.9 Å². The monoisotopic (exact) mass is 541 g/mol. The van der Waals surface area contributed by atoms with Gasteiger partial charge >= 0.3 is 5.97 Å². The molecule has 0 bridgehead atoms. The molecule has 1 aliphatic carbocycles. The quantitative estimate of drug-likeness (QED) is 0.265. The van der Waals surface area contributed by atoms with Crippen molar-refractivity contribution in [2.45, 2.75) is 71.6 Å². The molecule has 1 aliphatic heterocycles. The van der Waals surface area contributed by atoms with Gasteiger partial charge in [0.2, 0.25) is 0 Å². The van der Waals surface area contributed by atoms with Gasteiger partial charge in [-0.3, -0.25) is 14.7 Å². The van der Waals surface area contributed by atoms with Crippen molar-refractivity contribution in [2.75, 3.05) is 18.9 Å². The SMILES string of the molecule is CC[C@@H]1CN([C@@H]2CCc3ccc([C@@H](c4ccc(NC)c(N=N)c4C)C(C)(C)C(=O)O)cc32)Cc2cnccc2O1. The minimum absolute atomic E-state index is 0.0926. The van der Waals surface area contributed by atoms with Crippen LogP contribution in [-0.2, 0) is 17.8 Å². The summed E-state index contributed by atoms with van der Waals surface area (Å²) < 4.78 is 6.35. The molecule has 3 N–H and O–H groups in total. The second-order valence-electron chi connectivity index (χ2n) is 11.6. The maximum absolute atomic E-state index is 12.7. The standard InChI is InChI=1S/C32H39N5O3/c1-6-23-18-37(17-22-16-35-14-13-28(22)40-23)27-12-9-20-7-8-21(15-25(20)27)29(32(3,4)31(38)39)24-10-11-26(34-5)30(36-33)19(24)2/h7-8,10-11,13-16,23,27,29,33-34H,6,9,12,17-18H2,1-5H3,(H,38,39)/t23-,27-,29+/m1/s1. The zero-order chi connectivity index (χ0) is 28.6. The molecular weight excluding hydrogens is 502 g/mol. The van der Waals surface area contributed by atoms with Crippen LogP contribution in [-0.4, -0.2) is 40.7 Å². The van der Waals surface area contributed by atoms with E-state index in [4.69, 9.17) is 10.3 Å². The zero-order valence-electron chi connectivity index (χ0n) is 24.0. The molecule has 2 aliphatic rings. The lowest BCUT2D eigenvalue weighted by molar-refractivity contribution is -0.147. The van der Waals surface area contributed by atoms with Crippen LogP contribution in [0.25, 0.3) is 0 Å². The summed E-state index contributed by atoms with van der Waals surface area (Å²) in [6.45, 7) is 9.25. The summed E-state index contributed by atoms with van der Waals surface area (Å²) in [6, 6.07) is 12.6. The van der Waals surface area contributed by atoms with E-state index in [1.165, 1.54) is 11.1 Å². The number of nitrogens with zero attached hydrogens (tertiary/aromatic N) is 3. The molecule has 8 heteroatoms. The number of pyridine rings is 1. The maximum Gasteiger partial charge on any atom is 0.310 e. The Morgan fingerprint density at radius 1 is 1.27 bits per heavy atom. The van der Waals surface area contributed by atoms with Crippen molar-refractivity contribution in [1.29, 1.82) is 5.53 Å². The Balaban J connectivity index is 1.60. The lowest BCUT2D eigenvalue weighted by Crippen LogP contribution is -2.35. The molecule has 0 radical (unpaired) electrons. The number of carbonyl (C=O) groups is 1. The van der Waals surface area contributed by atoms with Gasteiger partial charge in [-0.2, -0.15) is 5.11 Å². The number of hydrogen-bond donors (Lipinski definition) is 3. The van der Waals surface area contributed by atoms with E-state index >= 15 is 0 Å². The largest absolute Gasteiger partial charge is 0.489 e. The Labute approximate surface area is 236 Å². The lowest BCUT2D eigenvalue weighted by Gasteiger charge is -2.34. The number of aryl methyl sites for hydroxylation is 1. The molecule has 1 aromatic heterocycles. The molecule has 0 fully saturated rings. The Bertz CT molecular complexity index is 1440. The Hall–Kier alpha value is -3.78. The van der Waals surface area contributed by atoms with Crippen molar-refractivity contribution in [3.8, 4) is 5.75 Å². The fourth-order valence-electron chi connectivity index (χ4n) is 6.50. The number of nitrogens with one attached hydrogen (secondary N) is 2. The fraction of sp³-hybridized carbons (Fsp3) is 0.438. The first-order chi connectivity index (χ1) is 19.2. The first kappa shape index (κ1) is 27.8. The third kappa shape index (κ3) is 4.85. The minimum Gasteiger partial charge on any atom is -0.489 e. The number of carboxylic acids is 1. The molecule has 2 aromatic carbocycles. The van der Waals surface area contributed by atoms with Crippen molar-refractivity contribution in [1.82, 2.24) is 9.88 Å². The summed E-state index contributed by atoms with van der Waals surface area (Å²) in [5.41, 5.74) is 14.3. The van der Waals surface area contributed by atoms with E-state index in [-0.39, 0.29) is 12.1 Å². The molecule has 0 saturated carbocycles. The van der Waals surface area contributed by atoms with Gasteiger partial charge in [-0.25, -0.2) is 5.53 Å². The van der Waals surface area contributed by atoms with Crippen LogP contribution in [0.3, 0.4) is 0 Å².